The first kappa shape index (κ1) is 16.2. The second-order valence-electron chi connectivity index (χ2n) is 4.95. The van der Waals surface area contributed by atoms with Gasteiger partial charge in [-0.05, 0) is 32.4 Å². The number of carbonyl (C=O) groups is 3. The molecular weight excluding hydrogens is 266 g/mol. The molecule has 0 saturated carbocycles. The molecule has 1 saturated heterocycles. The van der Waals surface area contributed by atoms with Crippen molar-refractivity contribution in [3.63, 3.8) is 0 Å². The number of carboxylic acids is 2. The van der Waals surface area contributed by atoms with Crippen molar-refractivity contribution in [3.05, 3.63) is 0 Å². The second kappa shape index (κ2) is 7.68. The van der Waals surface area contributed by atoms with Crippen LogP contribution < -0.4 is 10.6 Å². The van der Waals surface area contributed by atoms with E-state index >= 15 is 0 Å². The number of likely N-dealkylation sites (tertiary alicyclic amines) is 1. The molecule has 8 nitrogen and oxygen atoms in total. The molecule has 2 amide bonds. The maximum absolute atomic E-state index is 12.0. The van der Waals surface area contributed by atoms with E-state index in [1.54, 1.807) is 4.90 Å². The highest BCUT2D eigenvalue weighted by Gasteiger charge is 2.28. The van der Waals surface area contributed by atoms with E-state index in [0.29, 0.717) is 19.0 Å². The molecular formula is C12H21N3O5. The van der Waals surface area contributed by atoms with Crippen LogP contribution in [0.15, 0.2) is 0 Å². The Bertz CT molecular complexity index is 372. The number of piperidine rings is 1. The fourth-order valence-corrected chi connectivity index (χ4v) is 2.32. The van der Waals surface area contributed by atoms with Crippen molar-refractivity contribution in [2.75, 3.05) is 26.7 Å². The van der Waals surface area contributed by atoms with Crippen LogP contribution in [0.2, 0.25) is 0 Å². The molecule has 1 aliphatic heterocycles. The van der Waals surface area contributed by atoms with Crippen molar-refractivity contribution in [3.8, 4) is 0 Å². The van der Waals surface area contributed by atoms with E-state index in [2.05, 4.69) is 10.6 Å². The van der Waals surface area contributed by atoms with Crippen LogP contribution in [0.4, 0.5) is 4.79 Å². The lowest BCUT2D eigenvalue weighted by atomic mass is 9.98. The highest BCUT2D eigenvalue weighted by atomic mass is 16.4. The zero-order valence-corrected chi connectivity index (χ0v) is 11.5. The van der Waals surface area contributed by atoms with E-state index in [-0.39, 0.29) is 0 Å². The van der Waals surface area contributed by atoms with Gasteiger partial charge in [0.25, 0.3) is 0 Å². The molecule has 0 aromatic carbocycles. The van der Waals surface area contributed by atoms with Crippen molar-refractivity contribution >= 4 is 18.0 Å². The van der Waals surface area contributed by atoms with Crippen LogP contribution in [-0.2, 0) is 9.59 Å². The Kier molecular flexibility index (Phi) is 6.23. The van der Waals surface area contributed by atoms with Gasteiger partial charge in [0.2, 0.25) is 0 Å². The van der Waals surface area contributed by atoms with Gasteiger partial charge in [0.05, 0.1) is 6.42 Å². The molecule has 114 valence electrons. The van der Waals surface area contributed by atoms with Gasteiger partial charge >= 0.3 is 18.0 Å². The third-order valence-electron chi connectivity index (χ3n) is 3.27. The van der Waals surface area contributed by atoms with E-state index < -0.39 is 30.4 Å². The summed E-state index contributed by atoms with van der Waals surface area (Å²) in [5.74, 6) is -2.27. The molecule has 0 aromatic heterocycles. The Morgan fingerprint density at radius 1 is 1.35 bits per heavy atom. The summed E-state index contributed by atoms with van der Waals surface area (Å²) < 4.78 is 0. The van der Waals surface area contributed by atoms with Crippen molar-refractivity contribution < 1.29 is 24.6 Å². The van der Waals surface area contributed by atoms with Gasteiger partial charge in [0.15, 0.2) is 0 Å². The quantitative estimate of drug-likeness (QED) is 0.525. The number of carboxylic acid groups (broad SMARTS) is 2. The minimum atomic E-state index is -1.40. The van der Waals surface area contributed by atoms with E-state index in [4.69, 9.17) is 10.2 Å². The largest absolute Gasteiger partial charge is 0.481 e. The molecule has 20 heavy (non-hydrogen) atoms. The molecule has 1 heterocycles. The van der Waals surface area contributed by atoms with Crippen molar-refractivity contribution in [2.24, 2.45) is 5.92 Å². The Balaban J connectivity index is 2.55. The number of carbonyl (C=O) groups excluding carboxylic acids is 1. The van der Waals surface area contributed by atoms with Crippen molar-refractivity contribution in [2.45, 2.75) is 25.3 Å². The first-order valence-electron chi connectivity index (χ1n) is 6.58. The fourth-order valence-electron chi connectivity index (χ4n) is 2.32. The highest BCUT2D eigenvalue weighted by Crippen LogP contribution is 2.15. The first-order valence-corrected chi connectivity index (χ1v) is 6.58. The number of hydrogen-bond acceptors (Lipinski definition) is 4. The number of nitrogens with one attached hydrogen (secondary N) is 2. The highest BCUT2D eigenvalue weighted by molar-refractivity contribution is 5.86. The summed E-state index contributed by atoms with van der Waals surface area (Å²) in [7, 11) is 1.84. The lowest BCUT2D eigenvalue weighted by Gasteiger charge is -2.33. The third kappa shape index (κ3) is 5.04. The van der Waals surface area contributed by atoms with Crippen LogP contribution in [0, 0.1) is 5.92 Å². The fraction of sp³-hybridized carbons (Fsp3) is 0.750. The van der Waals surface area contributed by atoms with Crippen LogP contribution in [0.5, 0.6) is 0 Å². The Morgan fingerprint density at radius 3 is 2.60 bits per heavy atom. The number of hydrogen-bond donors (Lipinski definition) is 4. The molecule has 0 aromatic rings. The Hall–Kier alpha value is -1.83. The van der Waals surface area contributed by atoms with E-state index in [9.17, 15) is 14.4 Å². The van der Waals surface area contributed by atoms with Crippen LogP contribution in [0.1, 0.15) is 19.3 Å². The number of amides is 2. The summed E-state index contributed by atoms with van der Waals surface area (Å²) >= 11 is 0. The van der Waals surface area contributed by atoms with Gasteiger partial charge in [-0.1, -0.05) is 0 Å². The topological polar surface area (TPSA) is 119 Å². The molecule has 1 aliphatic rings. The molecule has 2 atom stereocenters. The number of aliphatic carboxylic acids is 2. The molecule has 4 N–H and O–H groups in total. The molecule has 0 bridgehead atoms. The van der Waals surface area contributed by atoms with Crippen LogP contribution in [-0.4, -0.2) is 65.8 Å². The number of nitrogens with zero attached hydrogens (tertiary/aromatic N) is 1. The maximum atomic E-state index is 12.0. The zero-order valence-electron chi connectivity index (χ0n) is 11.5. The van der Waals surface area contributed by atoms with Crippen molar-refractivity contribution in [1.82, 2.24) is 15.5 Å². The van der Waals surface area contributed by atoms with Gasteiger partial charge in [-0.15, -0.1) is 0 Å². The SMILES string of the molecule is CNCC1CCCN(C(=O)N[C@H](CC(=O)O)C(=O)O)C1. The Morgan fingerprint density at radius 2 is 2.05 bits per heavy atom. The first-order chi connectivity index (χ1) is 9.43. The summed E-state index contributed by atoms with van der Waals surface area (Å²) in [5.41, 5.74) is 0. The normalized spacial score (nSPS) is 20.2. The van der Waals surface area contributed by atoms with Gasteiger partial charge in [-0.3, -0.25) is 4.79 Å². The average Bonchev–Trinajstić information content (AvgIpc) is 2.38. The molecule has 8 heteroatoms. The van der Waals surface area contributed by atoms with E-state index in [0.717, 1.165) is 19.4 Å². The lowest BCUT2D eigenvalue weighted by Crippen LogP contribution is -2.52. The summed E-state index contributed by atoms with van der Waals surface area (Å²) in [6.07, 6.45) is 1.24. The average molecular weight is 287 g/mol. The van der Waals surface area contributed by atoms with Gasteiger partial charge in [0.1, 0.15) is 6.04 Å². The van der Waals surface area contributed by atoms with Crippen LogP contribution in [0.25, 0.3) is 0 Å². The minimum absolute atomic E-state index is 0.335. The van der Waals surface area contributed by atoms with Crippen molar-refractivity contribution in [1.29, 1.82) is 0 Å². The second-order valence-corrected chi connectivity index (χ2v) is 4.95. The smallest absolute Gasteiger partial charge is 0.326 e. The standard InChI is InChI=1S/C12H21N3O5/c1-13-6-8-3-2-4-15(7-8)12(20)14-9(11(18)19)5-10(16)17/h8-9,13H,2-7H2,1H3,(H,14,20)(H,16,17)(H,18,19)/t8?,9-/m1/s1. The maximum Gasteiger partial charge on any atom is 0.326 e. The number of rotatable bonds is 6. The lowest BCUT2D eigenvalue weighted by molar-refractivity contribution is -0.145. The predicted octanol–water partition coefficient (Wildman–Crippen LogP) is -0.445. The minimum Gasteiger partial charge on any atom is -0.481 e. The van der Waals surface area contributed by atoms with Gasteiger partial charge < -0.3 is 25.7 Å². The van der Waals surface area contributed by atoms with Gasteiger partial charge in [-0.2, -0.15) is 0 Å². The summed E-state index contributed by atoms with van der Waals surface area (Å²) in [4.78, 5) is 35.0. The van der Waals surface area contributed by atoms with Gasteiger partial charge in [0, 0.05) is 13.1 Å². The summed E-state index contributed by atoms with van der Waals surface area (Å²) in [6, 6.07) is -1.91. The molecule has 0 spiro atoms. The zero-order chi connectivity index (χ0) is 15.1. The molecule has 1 fully saturated rings. The molecule has 1 unspecified atom stereocenters. The van der Waals surface area contributed by atoms with Crippen LogP contribution in [0.3, 0.4) is 0 Å². The predicted molar refractivity (Wildman–Crippen MR) is 70.4 cm³/mol. The Labute approximate surface area is 117 Å². The summed E-state index contributed by atoms with van der Waals surface area (Å²) in [6.45, 7) is 1.90. The van der Waals surface area contributed by atoms with Crippen LogP contribution >= 0.6 is 0 Å². The van der Waals surface area contributed by atoms with Gasteiger partial charge in [-0.25, -0.2) is 9.59 Å². The molecule has 0 radical (unpaired) electrons. The third-order valence-corrected chi connectivity index (χ3v) is 3.27. The van der Waals surface area contributed by atoms with E-state index in [1.165, 1.54) is 0 Å². The number of urea groups is 1. The molecule has 0 aliphatic carbocycles. The molecule has 1 rings (SSSR count). The monoisotopic (exact) mass is 287 g/mol. The summed E-state index contributed by atoms with van der Waals surface area (Å²) in [5, 5.41) is 22.8. The van der Waals surface area contributed by atoms with E-state index in [1.807, 2.05) is 7.05 Å².